The number of amides is 4. The fourth-order valence-corrected chi connectivity index (χ4v) is 5.47. The Balaban J connectivity index is 1.45. The van der Waals surface area contributed by atoms with Crippen LogP contribution in [0.15, 0.2) is 53.1 Å². The molecule has 0 spiro atoms. The molecule has 10 nitrogen and oxygen atoms in total. The SMILES string of the molecule is Cc1onc(-c2ccccc2Cl)c1C(=O)N1CCN(C(=O)Nc2cccc(F)c2)C1C(=O)NC1CCC(N)CC1. The Hall–Kier alpha value is -3.96. The van der Waals surface area contributed by atoms with Crippen molar-refractivity contribution in [2.75, 3.05) is 18.4 Å². The van der Waals surface area contributed by atoms with E-state index in [1.165, 1.54) is 34.1 Å². The fraction of sp³-hybridized carbons (Fsp3) is 0.357. The molecular weight excluding hydrogens is 539 g/mol. The van der Waals surface area contributed by atoms with Crippen molar-refractivity contribution in [2.24, 2.45) is 5.73 Å². The summed E-state index contributed by atoms with van der Waals surface area (Å²) in [6.45, 7) is 1.76. The topological polar surface area (TPSA) is 134 Å². The van der Waals surface area contributed by atoms with E-state index in [2.05, 4.69) is 15.8 Å². The van der Waals surface area contributed by atoms with Gasteiger partial charge in [0.15, 0.2) is 6.17 Å². The molecule has 2 fully saturated rings. The highest BCUT2D eigenvalue weighted by atomic mass is 35.5. The first-order chi connectivity index (χ1) is 19.2. The predicted octanol–water partition coefficient (Wildman–Crippen LogP) is 4.14. The summed E-state index contributed by atoms with van der Waals surface area (Å²) in [6.07, 6.45) is 1.67. The summed E-state index contributed by atoms with van der Waals surface area (Å²) in [5, 5.41) is 10.1. The fourth-order valence-electron chi connectivity index (χ4n) is 5.24. The molecule has 2 heterocycles. The van der Waals surface area contributed by atoms with Gasteiger partial charge in [-0.2, -0.15) is 0 Å². The van der Waals surface area contributed by atoms with Crippen LogP contribution < -0.4 is 16.4 Å². The first-order valence-electron chi connectivity index (χ1n) is 13.1. The zero-order chi connectivity index (χ0) is 28.4. The molecule has 2 aromatic carbocycles. The van der Waals surface area contributed by atoms with Crippen molar-refractivity contribution in [1.29, 1.82) is 0 Å². The number of aromatic nitrogens is 1. The molecule has 40 heavy (non-hydrogen) atoms. The van der Waals surface area contributed by atoms with Crippen LogP contribution in [0, 0.1) is 12.7 Å². The number of hydrogen-bond acceptors (Lipinski definition) is 6. The number of nitrogens with two attached hydrogens (primary N) is 1. The number of anilines is 1. The average molecular weight is 569 g/mol. The smallest absolute Gasteiger partial charge is 0.323 e. The second-order valence-corrected chi connectivity index (χ2v) is 10.5. The molecule has 210 valence electrons. The standard InChI is InChI=1S/C28H30ClFN6O4/c1-16-23(24(34-40-16)21-7-2-3-8-22(21)29)27(38)35-13-14-36(28(39)33-20-6-4-5-17(30)15-20)26(35)25(37)32-19-11-9-18(31)10-12-19/h2-8,15,18-19,26H,9-14,31H2,1H3,(H,32,37)(H,33,39). The summed E-state index contributed by atoms with van der Waals surface area (Å²) in [7, 11) is 0. The van der Waals surface area contributed by atoms with Gasteiger partial charge in [0.1, 0.15) is 22.8 Å². The molecule has 4 N–H and O–H groups in total. The van der Waals surface area contributed by atoms with Crippen LogP contribution in [0.3, 0.4) is 0 Å². The summed E-state index contributed by atoms with van der Waals surface area (Å²) in [6, 6.07) is 11.7. The molecule has 1 saturated carbocycles. The van der Waals surface area contributed by atoms with Crippen molar-refractivity contribution in [3.05, 3.63) is 70.7 Å². The first kappa shape index (κ1) is 27.6. The molecule has 5 rings (SSSR count). The van der Waals surface area contributed by atoms with Crippen LogP contribution in [0.5, 0.6) is 0 Å². The second kappa shape index (κ2) is 11.6. The number of hydrogen-bond donors (Lipinski definition) is 3. The Morgan fingerprint density at radius 1 is 1.05 bits per heavy atom. The quantitative estimate of drug-likeness (QED) is 0.423. The van der Waals surface area contributed by atoms with E-state index in [1.807, 2.05) is 0 Å². The van der Waals surface area contributed by atoms with E-state index < -0.39 is 29.8 Å². The van der Waals surface area contributed by atoms with E-state index in [0.29, 0.717) is 23.4 Å². The van der Waals surface area contributed by atoms with Crippen LogP contribution in [0.1, 0.15) is 41.8 Å². The third-order valence-electron chi connectivity index (χ3n) is 7.33. The maximum Gasteiger partial charge on any atom is 0.323 e. The monoisotopic (exact) mass is 568 g/mol. The minimum absolute atomic E-state index is 0.0757. The summed E-state index contributed by atoms with van der Waals surface area (Å²) < 4.78 is 19.1. The number of nitrogens with zero attached hydrogens (tertiary/aromatic N) is 3. The third kappa shape index (κ3) is 5.66. The number of aryl methyl sites for hydroxylation is 1. The predicted molar refractivity (Wildman–Crippen MR) is 147 cm³/mol. The van der Waals surface area contributed by atoms with Gasteiger partial charge in [-0.1, -0.05) is 41.0 Å². The van der Waals surface area contributed by atoms with Crippen LogP contribution in [0.2, 0.25) is 5.02 Å². The second-order valence-electron chi connectivity index (χ2n) is 10.1. The molecule has 1 atom stereocenters. The number of nitrogens with one attached hydrogen (secondary N) is 2. The normalized spacial score (nSPS) is 20.9. The lowest BCUT2D eigenvalue weighted by atomic mass is 9.92. The van der Waals surface area contributed by atoms with Crippen LogP contribution in [-0.4, -0.2) is 64.1 Å². The van der Waals surface area contributed by atoms with E-state index in [1.54, 1.807) is 31.2 Å². The summed E-state index contributed by atoms with van der Waals surface area (Å²) in [4.78, 5) is 43.7. The van der Waals surface area contributed by atoms with E-state index >= 15 is 0 Å². The van der Waals surface area contributed by atoms with Crippen LogP contribution in [0.4, 0.5) is 14.9 Å². The maximum atomic E-state index is 14.0. The Morgan fingerprint density at radius 3 is 2.50 bits per heavy atom. The molecule has 1 aliphatic heterocycles. The van der Waals surface area contributed by atoms with Crippen LogP contribution in [0.25, 0.3) is 11.3 Å². The molecule has 0 radical (unpaired) electrons. The number of rotatable bonds is 5. The molecule has 1 saturated heterocycles. The number of benzene rings is 2. The van der Waals surface area contributed by atoms with E-state index in [4.69, 9.17) is 21.9 Å². The molecular formula is C28H30ClFN6O4. The highest BCUT2D eigenvalue weighted by Crippen LogP contribution is 2.33. The Kier molecular flexibility index (Phi) is 8.04. The van der Waals surface area contributed by atoms with Crippen molar-refractivity contribution in [3.8, 4) is 11.3 Å². The Bertz CT molecular complexity index is 1420. The molecule has 4 amide bonds. The highest BCUT2D eigenvalue weighted by Gasteiger charge is 2.45. The zero-order valence-corrected chi connectivity index (χ0v) is 22.7. The highest BCUT2D eigenvalue weighted by molar-refractivity contribution is 6.33. The lowest BCUT2D eigenvalue weighted by Gasteiger charge is -2.32. The van der Waals surface area contributed by atoms with Gasteiger partial charge in [0.05, 0.1) is 5.02 Å². The maximum absolute atomic E-state index is 14.0. The van der Waals surface area contributed by atoms with Gasteiger partial charge < -0.3 is 25.8 Å². The van der Waals surface area contributed by atoms with Crippen molar-refractivity contribution < 1.29 is 23.3 Å². The summed E-state index contributed by atoms with van der Waals surface area (Å²) >= 11 is 6.39. The van der Waals surface area contributed by atoms with Gasteiger partial charge in [-0.3, -0.25) is 14.5 Å². The first-order valence-corrected chi connectivity index (χ1v) is 13.5. The van der Waals surface area contributed by atoms with Crippen LogP contribution >= 0.6 is 11.6 Å². The minimum Gasteiger partial charge on any atom is -0.360 e. The Labute approximate surface area is 235 Å². The molecule has 1 unspecified atom stereocenters. The van der Waals surface area contributed by atoms with Gasteiger partial charge >= 0.3 is 6.03 Å². The van der Waals surface area contributed by atoms with Crippen molar-refractivity contribution >= 4 is 35.1 Å². The number of carbonyl (C=O) groups excluding carboxylic acids is 3. The van der Waals surface area contributed by atoms with Crippen molar-refractivity contribution in [3.63, 3.8) is 0 Å². The number of urea groups is 1. The minimum atomic E-state index is -1.26. The zero-order valence-electron chi connectivity index (χ0n) is 21.9. The van der Waals surface area contributed by atoms with Crippen molar-refractivity contribution in [1.82, 2.24) is 20.3 Å². The van der Waals surface area contributed by atoms with Gasteiger partial charge in [-0.15, -0.1) is 0 Å². The number of halogens is 2. The van der Waals surface area contributed by atoms with E-state index in [9.17, 15) is 18.8 Å². The van der Waals surface area contributed by atoms with Crippen molar-refractivity contribution in [2.45, 2.75) is 50.9 Å². The lowest BCUT2D eigenvalue weighted by Crippen LogP contribution is -2.56. The van der Waals surface area contributed by atoms with Gasteiger partial charge in [-0.25, -0.2) is 9.18 Å². The van der Waals surface area contributed by atoms with Gasteiger partial charge in [0.2, 0.25) is 0 Å². The lowest BCUT2D eigenvalue weighted by molar-refractivity contribution is -0.128. The molecule has 0 bridgehead atoms. The van der Waals surface area contributed by atoms with Gasteiger partial charge in [0.25, 0.3) is 11.8 Å². The van der Waals surface area contributed by atoms with Gasteiger partial charge in [0, 0.05) is 36.4 Å². The molecule has 1 aromatic heterocycles. The average Bonchev–Trinajstić information content (AvgIpc) is 3.54. The molecule has 3 aromatic rings. The van der Waals surface area contributed by atoms with Gasteiger partial charge in [-0.05, 0) is 56.9 Å². The Morgan fingerprint density at radius 2 is 1.77 bits per heavy atom. The summed E-state index contributed by atoms with van der Waals surface area (Å²) in [5.41, 5.74) is 7.15. The molecule has 2 aliphatic rings. The van der Waals surface area contributed by atoms with E-state index in [-0.39, 0.29) is 47.9 Å². The largest absolute Gasteiger partial charge is 0.360 e. The van der Waals surface area contributed by atoms with Crippen LogP contribution in [-0.2, 0) is 4.79 Å². The third-order valence-corrected chi connectivity index (χ3v) is 7.66. The molecule has 12 heteroatoms. The molecule has 1 aliphatic carbocycles. The summed E-state index contributed by atoms with van der Waals surface area (Å²) in [5.74, 6) is -1.28. The van der Waals surface area contributed by atoms with E-state index in [0.717, 1.165) is 12.8 Å². The number of carbonyl (C=O) groups is 3.